The Morgan fingerprint density at radius 1 is 0.926 bits per heavy atom. The highest BCUT2D eigenvalue weighted by Gasteiger charge is 2.10. The molecule has 0 atom stereocenters. The Labute approximate surface area is 157 Å². The highest BCUT2D eigenvalue weighted by Crippen LogP contribution is 2.19. The van der Waals surface area contributed by atoms with Gasteiger partial charge in [0.05, 0.1) is 5.56 Å². The Morgan fingerprint density at radius 3 is 2.22 bits per heavy atom. The molecule has 0 saturated heterocycles. The number of aromatic carboxylic acids is 1. The van der Waals surface area contributed by atoms with Gasteiger partial charge in [0.15, 0.2) is 0 Å². The molecular formula is C22H19NO4. The zero-order valence-electron chi connectivity index (χ0n) is 14.8. The number of benzene rings is 3. The second-order valence-electron chi connectivity index (χ2n) is 6.09. The lowest BCUT2D eigenvalue weighted by Gasteiger charge is -2.10. The van der Waals surface area contributed by atoms with Crippen molar-refractivity contribution in [2.75, 3.05) is 5.32 Å². The maximum absolute atomic E-state index is 12.4. The normalized spacial score (nSPS) is 10.3. The topological polar surface area (TPSA) is 75.6 Å². The van der Waals surface area contributed by atoms with Gasteiger partial charge in [0.25, 0.3) is 5.91 Å². The van der Waals surface area contributed by atoms with E-state index >= 15 is 0 Å². The summed E-state index contributed by atoms with van der Waals surface area (Å²) in [6.45, 7) is 2.21. The van der Waals surface area contributed by atoms with Gasteiger partial charge in [0, 0.05) is 11.3 Å². The van der Waals surface area contributed by atoms with E-state index in [1.807, 2.05) is 30.3 Å². The number of hydrogen-bond donors (Lipinski definition) is 2. The number of anilines is 1. The molecular weight excluding hydrogens is 342 g/mol. The summed E-state index contributed by atoms with van der Waals surface area (Å²) in [5.41, 5.74) is 3.01. The molecule has 0 bridgehead atoms. The number of rotatable bonds is 6. The van der Waals surface area contributed by atoms with Crippen LogP contribution in [-0.4, -0.2) is 17.0 Å². The Morgan fingerprint density at radius 2 is 1.59 bits per heavy atom. The van der Waals surface area contributed by atoms with Crippen LogP contribution in [0.15, 0.2) is 72.8 Å². The molecule has 5 heteroatoms. The molecule has 0 aromatic heterocycles. The SMILES string of the molecule is Cc1cc(C(=O)O)ccc1NC(=O)c1ccc(OCc2ccccc2)cc1. The fraction of sp³-hybridized carbons (Fsp3) is 0.0909. The van der Waals surface area contributed by atoms with Crippen LogP contribution in [0.25, 0.3) is 0 Å². The van der Waals surface area contributed by atoms with Crippen LogP contribution in [0, 0.1) is 6.92 Å². The van der Waals surface area contributed by atoms with Crippen molar-refractivity contribution in [2.45, 2.75) is 13.5 Å². The maximum atomic E-state index is 12.4. The Kier molecular flexibility index (Phi) is 5.52. The minimum atomic E-state index is -0.998. The summed E-state index contributed by atoms with van der Waals surface area (Å²) in [5.74, 6) is -0.588. The van der Waals surface area contributed by atoms with E-state index < -0.39 is 5.97 Å². The highest BCUT2D eigenvalue weighted by atomic mass is 16.5. The van der Waals surface area contributed by atoms with E-state index in [2.05, 4.69) is 5.32 Å². The van der Waals surface area contributed by atoms with Crippen LogP contribution in [0.5, 0.6) is 5.75 Å². The monoisotopic (exact) mass is 361 g/mol. The molecule has 136 valence electrons. The van der Waals surface area contributed by atoms with Crippen LogP contribution in [0.2, 0.25) is 0 Å². The van der Waals surface area contributed by atoms with Crippen LogP contribution in [-0.2, 0) is 6.61 Å². The van der Waals surface area contributed by atoms with E-state index in [-0.39, 0.29) is 11.5 Å². The van der Waals surface area contributed by atoms with Gasteiger partial charge in [-0.1, -0.05) is 30.3 Å². The molecule has 3 rings (SSSR count). The Balaban J connectivity index is 1.63. The van der Waals surface area contributed by atoms with Crippen molar-refractivity contribution in [3.05, 3.63) is 95.1 Å². The molecule has 0 aliphatic heterocycles. The quantitative estimate of drug-likeness (QED) is 0.677. The minimum Gasteiger partial charge on any atom is -0.489 e. The molecule has 0 aliphatic rings. The van der Waals surface area contributed by atoms with Gasteiger partial charge in [-0.3, -0.25) is 4.79 Å². The molecule has 0 fully saturated rings. The smallest absolute Gasteiger partial charge is 0.335 e. The number of carbonyl (C=O) groups excluding carboxylic acids is 1. The fourth-order valence-electron chi connectivity index (χ4n) is 2.57. The van der Waals surface area contributed by atoms with Crippen LogP contribution >= 0.6 is 0 Å². The number of amides is 1. The van der Waals surface area contributed by atoms with Crippen molar-refractivity contribution in [3.63, 3.8) is 0 Å². The van der Waals surface area contributed by atoms with Gasteiger partial charge in [-0.2, -0.15) is 0 Å². The third kappa shape index (κ3) is 4.73. The van der Waals surface area contributed by atoms with Crippen molar-refractivity contribution in [2.24, 2.45) is 0 Å². The van der Waals surface area contributed by atoms with Crippen molar-refractivity contribution in [3.8, 4) is 5.75 Å². The second-order valence-corrected chi connectivity index (χ2v) is 6.09. The summed E-state index contributed by atoms with van der Waals surface area (Å²) < 4.78 is 5.71. The maximum Gasteiger partial charge on any atom is 0.335 e. The summed E-state index contributed by atoms with van der Waals surface area (Å²) in [6, 6.07) is 21.3. The van der Waals surface area contributed by atoms with Crippen LogP contribution in [0.1, 0.15) is 31.8 Å². The zero-order valence-corrected chi connectivity index (χ0v) is 14.8. The lowest BCUT2D eigenvalue weighted by molar-refractivity contribution is 0.0696. The van der Waals surface area contributed by atoms with Gasteiger partial charge in [-0.15, -0.1) is 0 Å². The predicted octanol–water partition coefficient (Wildman–Crippen LogP) is 4.52. The first-order valence-electron chi connectivity index (χ1n) is 8.45. The van der Waals surface area contributed by atoms with E-state index in [9.17, 15) is 9.59 Å². The van der Waals surface area contributed by atoms with Gasteiger partial charge in [-0.25, -0.2) is 4.79 Å². The average Bonchev–Trinajstić information content (AvgIpc) is 2.69. The number of carboxylic acids is 1. The van der Waals surface area contributed by atoms with Gasteiger partial charge in [0.1, 0.15) is 12.4 Å². The number of aryl methyl sites for hydroxylation is 1. The van der Waals surface area contributed by atoms with Crippen LogP contribution < -0.4 is 10.1 Å². The van der Waals surface area contributed by atoms with Gasteiger partial charge in [0.2, 0.25) is 0 Å². The molecule has 2 N–H and O–H groups in total. The first kappa shape index (κ1) is 18.2. The van der Waals surface area contributed by atoms with Gasteiger partial charge < -0.3 is 15.2 Å². The van der Waals surface area contributed by atoms with E-state index in [1.54, 1.807) is 37.3 Å². The van der Waals surface area contributed by atoms with Crippen LogP contribution in [0.3, 0.4) is 0 Å². The number of hydrogen-bond acceptors (Lipinski definition) is 3. The third-order valence-electron chi connectivity index (χ3n) is 4.09. The van der Waals surface area contributed by atoms with E-state index in [4.69, 9.17) is 9.84 Å². The molecule has 0 spiro atoms. The Bertz CT molecular complexity index is 950. The fourth-order valence-corrected chi connectivity index (χ4v) is 2.57. The second kappa shape index (κ2) is 8.19. The van der Waals surface area contributed by atoms with Crippen LogP contribution in [0.4, 0.5) is 5.69 Å². The van der Waals surface area contributed by atoms with Crippen molar-refractivity contribution in [1.29, 1.82) is 0 Å². The summed E-state index contributed by atoms with van der Waals surface area (Å²) >= 11 is 0. The lowest BCUT2D eigenvalue weighted by atomic mass is 10.1. The summed E-state index contributed by atoms with van der Waals surface area (Å²) in [7, 11) is 0. The van der Waals surface area contributed by atoms with Crippen molar-refractivity contribution < 1.29 is 19.4 Å². The number of nitrogens with one attached hydrogen (secondary N) is 1. The zero-order chi connectivity index (χ0) is 19.2. The summed E-state index contributed by atoms with van der Waals surface area (Å²) in [4.78, 5) is 23.4. The first-order valence-corrected chi connectivity index (χ1v) is 8.45. The molecule has 5 nitrogen and oxygen atoms in total. The molecule has 27 heavy (non-hydrogen) atoms. The molecule has 0 unspecified atom stereocenters. The van der Waals surface area contributed by atoms with Gasteiger partial charge >= 0.3 is 5.97 Å². The van der Waals surface area contributed by atoms with E-state index in [0.717, 1.165) is 5.56 Å². The summed E-state index contributed by atoms with van der Waals surface area (Å²) in [6.07, 6.45) is 0. The standard InChI is InChI=1S/C22H19NO4/c1-15-13-18(22(25)26)9-12-20(15)23-21(24)17-7-10-19(11-8-17)27-14-16-5-3-2-4-6-16/h2-13H,14H2,1H3,(H,23,24)(H,25,26). The highest BCUT2D eigenvalue weighted by molar-refractivity contribution is 6.05. The van der Waals surface area contributed by atoms with E-state index in [1.165, 1.54) is 12.1 Å². The molecule has 3 aromatic rings. The number of carbonyl (C=O) groups is 2. The Hall–Kier alpha value is -3.60. The lowest BCUT2D eigenvalue weighted by Crippen LogP contribution is -2.13. The van der Waals surface area contributed by atoms with Crippen molar-refractivity contribution in [1.82, 2.24) is 0 Å². The molecule has 1 amide bonds. The van der Waals surface area contributed by atoms with Crippen molar-refractivity contribution >= 4 is 17.6 Å². The average molecular weight is 361 g/mol. The van der Waals surface area contributed by atoms with Gasteiger partial charge in [-0.05, 0) is 60.5 Å². The number of ether oxygens (including phenoxy) is 1. The summed E-state index contributed by atoms with van der Waals surface area (Å²) in [5, 5.41) is 11.8. The van der Waals surface area contributed by atoms with E-state index in [0.29, 0.717) is 29.2 Å². The molecule has 0 radical (unpaired) electrons. The minimum absolute atomic E-state index is 0.186. The largest absolute Gasteiger partial charge is 0.489 e. The third-order valence-corrected chi connectivity index (χ3v) is 4.09. The molecule has 0 heterocycles. The molecule has 3 aromatic carbocycles. The number of carboxylic acid groups (broad SMARTS) is 1. The molecule has 0 saturated carbocycles. The molecule has 0 aliphatic carbocycles. The first-order chi connectivity index (χ1) is 13.0. The predicted molar refractivity (Wildman–Crippen MR) is 103 cm³/mol.